The Hall–Kier alpha value is -18.0. The van der Waals surface area contributed by atoms with E-state index < -0.39 is 0 Å². The number of aromatic nitrogens is 8. The molecular weight excluding hydrogens is 1630 g/mol. The molecule has 0 saturated carbocycles. The van der Waals surface area contributed by atoms with Crippen LogP contribution in [0, 0.1) is 0 Å². The average Bonchev–Trinajstić information content (AvgIpc) is 1.58. The highest BCUT2D eigenvalue weighted by Gasteiger charge is 2.25. The van der Waals surface area contributed by atoms with Gasteiger partial charge in [-0.2, -0.15) is 0 Å². The molecule has 134 heavy (non-hydrogen) atoms. The molecule has 27 aromatic rings. The number of hydrogen-bond donors (Lipinski definition) is 0. The van der Waals surface area contributed by atoms with Crippen molar-refractivity contribution in [2.45, 2.75) is 0 Å². The van der Waals surface area contributed by atoms with Gasteiger partial charge in [-0.1, -0.05) is 346 Å². The molecule has 0 aliphatic rings. The zero-order chi connectivity index (χ0) is 88.3. The van der Waals surface area contributed by atoms with Crippen molar-refractivity contribution < 1.29 is 0 Å². The molecule has 0 spiro atoms. The van der Waals surface area contributed by atoms with Crippen molar-refractivity contribution in [1.29, 1.82) is 0 Å². The average molecular weight is 1710 g/mol. The van der Waals surface area contributed by atoms with Crippen LogP contribution in [0.1, 0.15) is 0 Å². The Labute approximate surface area is 772 Å². The van der Waals surface area contributed by atoms with E-state index in [1.165, 1.54) is 120 Å². The number of benzene rings is 21. The molecule has 0 fully saturated rings. The molecule has 0 aliphatic carbocycles. The van der Waals surface area contributed by atoms with Gasteiger partial charge in [0.1, 0.15) is 0 Å². The molecule has 0 amide bonds. The van der Waals surface area contributed by atoms with Crippen LogP contribution in [-0.2, 0) is 0 Å². The van der Waals surface area contributed by atoms with Crippen molar-refractivity contribution >= 4 is 130 Å². The number of hydrogen-bond acceptors (Lipinski definition) is 4. The summed E-state index contributed by atoms with van der Waals surface area (Å²) in [7, 11) is 0. The van der Waals surface area contributed by atoms with Gasteiger partial charge >= 0.3 is 0 Å². The summed E-state index contributed by atoms with van der Waals surface area (Å²) >= 11 is 0. The van der Waals surface area contributed by atoms with Gasteiger partial charge in [0.05, 0.1) is 66.9 Å². The highest BCUT2D eigenvalue weighted by molar-refractivity contribution is 6.15. The minimum absolute atomic E-state index is 0.633. The van der Waals surface area contributed by atoms with Gasteiger partial charge in [-0.25, -0.2) is 19.9 Å². The lowest BCUT2D eigenvalue weighted by Crippen LogP contribution is -2.04. The molecule has 624 valence electrons. The third kappa shape index (κ3) is 13.5. The molecule has 0 radical (unpaired) electrons. The molecule has 0 N–H and O–H groups in total. The van der Waals surface area contributed by atoms with Gasteiger partial charge in [0.15, 0.2) is 0 Å². The van der Waals surface area contributed by atoms with Gasteiger partial charge in [0.25, 0.3) is 0 Å². The number of fused-ring (bicyclic) bond motifs is 16. The summed E-state index contributed by atoms with van der Waals surface area (Å²) in [6, 6.07) is 175. The first-order valence-electron chi connectivity index (χ1n) is 45.7. The van der Waals surface area contributed by atoms with Gasteiger partial charge in [-0.3, -0.25) is 9.13 Å². The Morgan fingerprint density at radius 2 is 0.351 bits per heavy atom. The van der Waals surface area contributed by atoms with Crippen LogP contribution in [0.3, 0.4) is 0 Å². The van der Waals surface area contributed by atoms with E-state index in [9.17, 15) is 0 Å². The molecular formula is C126H80N8. The number of rotatable bonds is 13. The van der Waals surface area contributed by atoms with E-state index in [0.29, 0.717) is 11.9 Å². The molecule has 0 aliphatic heterocycles. The normalized spacial score (nSPS) is 11.7. The van der Waals surface area contributed by atoms with Crippen LogP contribution in [0.15, 0.2) is 485 Å². The minimum Gasteiger partial charge on any atom is -0.309 e. The molecule has 8 nitrogen and oxygen atoms in total. The lowest BCUT2D eigenvalue weighted by Gasteiger charge is -2.14. The predicted octanol–water partition coefficient (Wildman–Crippen LogP) is 33.0. The van der Waals surface area contributed by atoms with Crippen LogP contribution < -0.4 is 0 Å². The number of nitrogens with zero attached hydrogens (tertiary/aromatic N) is 8. The molecule has 0 atom stereocenters. The van der Waals surface area contributed by atoms with Crippen molar-refractivity contribution in [3.8, 4) is 124 Å². The largest absolute Gasteiger partial charge is 0.309 e. The van der Waals surface area contributed by atoms with Crippen molar-refractivity contribution in [1.82, 2.24) is 38.2 Å². The summed E-state index contributed by atoms with van der Waals surface area (Å²) in [4.78, 5) is 21.6. The van der Waals surface area contributed by atoms with E-state index >= 15 is 0 Å². The molecule has 27 rings (SSSR count). The second kappa shape index (κ2) is 32.0. The fraction of sp³-hybridized carbons (Fsp3) is 0. The Kier molecular flexibility index (Phi) is 18.5. The molecule has 6 aromatic heterocycles. The lowest BCUT2D eigenvalue weighted by molar-refractivity contribution is 0.995. The summed E-state index contributed by atoms with van der Waals surface area (Å²) in [6.07, 6.45) is 0. The van der Waals surface area contributed by atoms with E-state index in [1.54, 1.807) is 0 Å². The smallest absolute Gasteiger partial charge is 0.235 e. The Morgan fingerprint density at radius 3 is 0.672 bits per heavy atom. The Morgan fingerprint density at radius 1 is 0.119 bits per heavy atom. The van der Waals surface area contributed by atoms with Gasteiger partial charge in [0.2, 0.25) is 11.9 Å². The van der Waals surface area contributed by atoms with Crippen molar-refractivity contribution in [2.24, 2.45) is 0 Å². The third-order valence-corrected chi connectivity index (χ3v) is 27.0. The van der Waals surface area contributed by atoms with Crippen LogP contribution in [-0.4, -0.2) is 38.2 Å². The molecule has 8 heteroatoms. The zero-order valence-electron chi connectivity index (χ0n) is 72.8. The summed E-state index contributed by atoms with van der Waals surface area (Å²) in [5, 5.41) is 19.0. The first-order valence-corrected chi connectivity index (χ1v) is 45.7. The van der Waals surface area contributed by atoms with E-state index in [0.717, 1.165) is 122 Å². The Balaban J connectivity index is 0.000000140. The van der Waals surface area contributed by atoms with E-state index in [4.69, 9.17) is 19.9 Å². The van der Waals surface area contributed by atoms with Crippen molar-refractivity contribution in [2.75, 3.05) is 0 Å². The van der Waals surface area contributed by atoms with E-state index in [2.05, 4.69) is 504 Å². The van der Waals surface area contributed by atoms with Gasteiger partial charge in [0, 0.05) is 76.7 Å². The van der Waals surface area contributed by atoms with Crippen LogP contribution >= 0.6 is 0 Å². The lowest BCUT2D eigenvalue weighted by atomic mass is 9.98. The number of para-hydroxylation sites is 4. The summed E-state index contributed by atoms with van der Waals surface area (Å²) < 4.78 is 9.30. The monoisotopic (exact) mass is 1700 g/mol. The van der Waals surface area contributed by atoms with Crippen molar-refractivity contribution in [3.63, 3.8) is 0 Å². The predicted molar refractivity (Wildman–Crippen MR) is 560 cm³/mol. The van der Waals surface area contributed by atoms with Gasteiger partial charge in [-0.05, 0) is 238 Å². The molecule has 0 bridgehead atoms. The van der Waals surface area contributed by atoms with Crippen LogP contribution in [0.4, 0.5) is 0 Å². The topological polar surface area (TPSA) is 71.3 Å². The third-order valence-electron chi connectivity index (χ3n) is 27.0. The Bertz CT molecular complexity index is 9130. The second-order valence-electron chi connectivity index (χ2n) is 34.9. The summed E-state index contributed by atoms with van der Waals surface area (Å²) in [5.41, 5.74) is 30.7. The fourth-order valence-electron chi connectivity index (χ4n) is 20.4. The van der Waals surface area contributed by atoms with Crippen molar-refractivity contribution in [3.05, 3.63) is 485 Å². The maximum atomic E-state index is 5.41. The minimum atomic E-state index is 0.633. The zero-order valence-corrected chi connectivity index (χ0v) is 72.8. The fourth-order valence-corrected chi connectivity index (χ4v) is 20.4. The maximum Gasteiger partial charge on any atom is 0.235 e. The molecule has 21 aromatic carbocycles. The van der Waals surface area contributed by atoms with Gasteiger partial charge in [-0.15, -0.1) is 0 Å². The highest BCUT2D eigenvalue weighted by atomic mass is 15.2. The standard InChI is InChI=1S/C66H42N4.C60H38N4/c1-3-15-43(16-4-1)53-37-54(44-17-5-2-6-18-44)39-55(38-53)69-62-25-13-11-23-56(62)58-40-49(31-33-64(58)69)50-32-34-65-59(41-50)57-24-12-14-26-63(57)70(65)66-67-60(51-29-27-45-19-7-9-21-47(45)35-51)42-61(68-66)52-30-28-46-20-8-10-22-48(46)36-52;1-2-12-39(13-3-1)42-26-30-49(31-27-42)63-56-20-10-8-18-50(56)52-36-45(28-32-58(52)63)46-29-33-59-53(37-46)51-19-9-11-21-57(51)64(59)60-61-54(47-24-22-40-14-4-6-16-43(40)34-47)38-55(62-60)48-25-23-41-15-5-7-17-44(41)35-48/h1-42H;1-38H. The van der Waals surface area contributed by atoms with Crippen LogP contribution in [0.2, 0.25) is 0 Å². The van der Waals surface area contributed by atoms with Crippen LogP contribution in [0.5, 0.6) is 0 Å². The first kappa shape index (κ1) is 77.2. The summed E-state index contributed by atoms with van der Waals surface area (Å²) in [5.74, 6) is 1.27. The second-order valence-corrected chi connectivity index (χ2v) is 34.9. The quantitative estimate of drug-likeness (QED) is 0.115. The molecule has 6 heterocycles. The van der Waals surface area contributed by atoms with Gasteiger partial charge < -0.3 is 9.13 Å². The van der Waals surface area contributed by atoms with Crippen LogP contribution in [0.25, 0.3) is 254 Å². The maximum absolute atomic E-state index is 5.41. The first-order chi connectivity index (χ1) is 66.4. The summed E-state index contributed by atoms with van der Waals surface area (Å²) in [6.45, 7) is 0. The molecule has 0 saturated heterocycles. The van der Waals surface area contributed by atoms with E-state index in [-0.39, 0.29) is 0 Å². The van der Waals surface area contributed by atoms with E-state index in [1.807, 2.05) is 0 Å². The SMILES string of the molecule is c1ccc(-c2cc(-c3ccccc3)cc(-n3c4ccccc4c4cc(-c5ccc6c(c5)c5ccccc5n6-c5nc(-c6ccc7ccccc7c6)cc(-c6ccc7ccccc7c6)n5)ccc43)c2)cc1.c1ccc(-c2ccc(-n3c4ccccc4c4cc(-c5ccc6c(c5)c5ccccc5n6-c5nc(-c6ccc7ccccc7c6)cc(-c6ccc7ccccc7c6)n5)ccc43)cc2)cc1. The highest BCUT2D eigenvalue weighted by Crippen LogP contribution is 2.45. The molecule has 0 unspecified atom stereocenters.